The molecule has 2 rings (SSSR count). The summed E-state index contributed by atoms with van der Waals surface area (Å²) in [5, 5.41) is 14.0. The lowest BCUT2D eigenvalue weighted by molar-refractivity contribution is -0.384. The Kier molecular flexibility index (Phi) is 4.92. The van der Waals surface area contributed by atoms with Crippen molar-refractivity contribution in [1.29, 1.82) is 0 Å². The third-order valence-corrected chi connectivity index (χ3v) is 3.80. The van der Waals surface area contributed by atoms with Gasteiger partial charge in [-0.15, -0.1) is 0 Å². The molecule has 1 N–H and O–H groups in total. The second-order valence-corrected chi connectivity index (χ2v) is 5.11. The van der Waals surface area contributed by atoms with Crippen LogP contribution in [0.2, 0.25) is 0 Å². The van der Waals surface area contributed by atoms with Crippen molar-refractivity contribution in [2.75, 3.05) is 32.6 Å². The summed E-state index contributed by atoms with van der Waals surface area (Å²) in [7, 11) is 3.90. The molecule has 110 valence electrons. The molecular weight excluding hydrogens is 258 g/mol. The largest absolute Gasteiger partial charge is 0.388 e. The van der Waals surface area contributed by atoms with Gasteiger partial charge in [0, 0.05) is 50.7 Å². The quantitative estimate of drug-likeness (QED) is 0.661. The van der Waals surface area contributed by atoms with Crippen molar-refractivity contribution in [2.45, 2.75) is 25.4 Å². The molecule has 0 spiro atoms. The Morgan fingerprint density at radius 3 is 2.75 bits per heavy atom. The average Bonchev–Trinajstić information content (AvgIpc) is 2.48. The molecule has 1 saturated heterocycles. The first-order valence-corrected chi connectivity index (χ1v) is 6.85. The molecule has 1 aromatic rings. The van der Waals surface area contributed by atoms with Crippen molar-refractivity contribution < 1.29 is 9.66 Å². The van der Waals surface area contributed by atoms with E-state index in [1.54, 1.807) is 12.1 Å². The lowest BCUT2D eigenvalue weighted by Crippen LogP contribution is -2.36. The highest BCUT2D eigenvalue weighted by atomic mass is 16.6. The van der Waals surface area contributed by atoms with Crippen molar-refractivity contribution >= 4 is 11.4 Å². The molecule has 0 unspecified atom stereocenters. The van der Waals surface area contributed by atoms with Crippen LogP contribution in [0.1, 0.15) is 18.4 Å². The van der Waals surface area contributed by atoms with Gasteiger partial charge in [0.1, 0.15) is 0 Å². The van der Waals surface area contributed by atoms with E-state index in [4.69, 9.17) is 4.74 Å². The predicted octanol–water partition coefficient (Wildman–Crippen LogP) is 2.25. The molecular formula is C14H21N3O3. The van der Waals surface area contributed by atoms with Crippen LogP contribution in [-0.2, 0) is 11.3 Å². The molecule has 1 heterocycles. The van der Waals surface area contributed by atoms with E-state index < -0.39 is 0 Å². The number of non-ortho nitro benzene ring substituents is 1. The number of nitro groups is 1. The van der Waals surface area contributed by atoms with Gasteiger partial charge in [-0.1, -0.05) is 0 Å². The number of rotatable bonds is 5. The highest BCUT2D eigenvalue weighted by Gasteiger charge is 2.20. The van der Waals surface area contributed by atoms with Crippen molar-refractivity contribution in [3.63, 3.8) is 0 Å². The Hall–Kier alpha value is -1.66. The van der Waals surface area contributed by atoms with Crippen LogP contribution in [0.3, 0.4) is 0 Å². The summed E-state index contributed by atoms with van der Waals surface area (Å²) in [6.07, 6.45) is 2.03. The molecule has 6 heteroatoms. The van der Waals surface area contributed by atoms with E-state index in [0.29, 0.717) is 12.6 Å². The van der Waals surface area contributed by atoms with Crippen molar-refractivity contribution in [3.8, 4) is 0 Å². The first-order valence-electron chi connectivity index (χ1n) is 6.85. The molecule has 1 aliphatic rings. The van der Waals surface area contributed by atoms with Crippen LogP contribution in [-0.4, -0.2) is 43.2 Å². The van der Waals surface area contributed by atoms with Gasteiger partial charge in [0.25, 0.3) is 5.69 Å². The van der Waals surface area contributed by atoms with Crippen LogP contribution in [0.25, 0.3) is 0 Å². The summed E-state index contributed by atoms with van der Waals surface area (Å²) in [5.74, 6) is 0. The Labute approximate surface area is 118 Å². The summed E-state index contributed by atoms with van der Waals surface area (Å²) >= 11 is 0. The summed E-state index contributed by atoms with van der Waals surface area (Å²) in [5.41, 5.74) is 2.03. The highest BCUT2D eigenvalue weighted by molar-refractivity contribution is 5.55. The molecule has 6 nitrogen and oxygen atoms in total. The summed E-state index contributed by atoms with van der Waals surface area (Å²) < 4.78 is 5.37. The number of nitrogens with one attached hydrogen (secondary N) is 1. The van der Waals surface area contributed by atoms with Crippen molar-refractivity contribution in [3.05, 3.63) is 33.9 Å². The molecule has 0 aromatic heterocycles. The standard InChI is InChI=1S/C14H21N3O3/c1-15-14-4-3-13(17(18)19)9-11(14)10-16(2)12-5-7-20-8-6-12/h3-4,9,12,15H,5-8,10H2,1-2H3. The van der Waals surface area contributed by atoms with Gasteiger partial charge in [-0.05, 0) is 31.5 Å². The zero-order valence-electron chi connectivity index (χ0n) is 12.0. The zero-order chi connectivity index (χ0) is 14.5. The number of nitro benzene ring substituents is 1. The average molecular weight is 279 g/mol. The van der Waals surface area contributed by atoms with Crippen molar-refractivity contribution in [1.82, 2.24) is 4.90 Å². The van der Waals surface area contributed by atoms with Crippen LogP contribution in [0.4, 0.5) is 11.4 Å². The van der Waals surface area contributed by atoms with E-state index in [9.17, 15) is 10.1 Å². The number of anilines is 1. The molecule has 0 bridgehead atoms. The van der Waals surface area contributed by atoms with E-state index >= 15 is 0 Å². The molecule has 0 amide bonds. The molecule has 1 fully saturated rings. The smallest absolute Gasteiger partial charge is 0.269 e. The monoisotopic (exact) mass is 279 g/mol. The van der Waals surface area contributed by atoms with Crippen LogP contribution in [0.15, 0.2) is 18.2 Å². The third kappa shape index (κ3) is 3.46. The number of hydrogen-bond acceptors (Lipinski definition) is 5. The number of nitrogens with zero attached hydrogens (tertiary/aromatic N) is 2. The lowest BCUT2D eigenvalue weighted by atomic mass is 10.1. The van der Waals surface area contributed by atoms with Crippen LogP contribution in [0.5, 0.6) is 0 Å². The Morgan fingerprint density at radius 2 is 2.15 bits per heavy atom. The molecule has 0 saturated carbocycles. The maximum atomic E-state index is 10.9. The fraction of sp³-hybridized carbons (Fsp3) is 0.571. The van der Waals surface area contributed by atoms with E-state index in [2.05, 4.69) is 17.3 Å². The van der Waals surface area contributed by atoms with Crippen LogP contribution < -0.4 is 5.32 Å². The molecule has 20 heavy (non-hydrogen) atoms. The highest BCUT2D eigenvalue weighted by Crippen LogP contribution is 2.24. The number of ether oxygens (including phenoxy) is 1. The van der Waals surface area contributed by atoms with Gasteiger partial charge >= 0.3 is 0 Å². The van der Waals surface area contributed by atoms with Crippen molar-refractivity contribution in [2.24, 2.45) is 0 Å². The Balaban J connectivity index is 2.13. The topological polar surface area (TPSA) is 67.6 Å². The minimum absolute atomic E-state index is 0.138. The zero-order valence-corrected chi connectivity index (χ0v) is 12.0. The third-order valence-electron chi connectivity index (χ3n) is 3.80. The second-order valence-electron chi connectivity index (χ2n) is 5.11. The van der Waals surface area contributed by atoms with Gasteiger partial charge in [-0.2, -0.15) is 0 Å². The Bertz CT molecular complexity index is 473. The summed E-state index contributed by atoms with van der Waals surface area (Å²) in [4.78, 5) is 12.8. The first-order chi connectivity index (χ1) is 9.61. The second kappa shape index (κ2) is 6.67. The lowest BCUT2D eigenvalue weighted by Gasteiger charge is -2.31. The fourth-order valence-corrected chi connectivity index (χ4v) is 2.59. The molecule has 1 aliphatic heterocycles. The van der Waals surface area contributed by atoms with E-state index in [-0.39, 0.29) is 10.6 Å². The molecule has 0 aliphatic carbocycles. The number of benzene rings is 1. The van der Waals surface area contributed by atoms with Gasteiger partial charge in [-0.3, -0.25) is 15.0 Å². The predicted molar refractivity (Wildman–Crippen MR) is 78.0 cm³/mol. The first kappa shape index (κ1) is 14.7. The minimum atomic E-state index is -0.350. The van der Waals surface area contributed by atoms with Crippen LogP contribution in [0, 0.1) is 10.1 Å². The summed E-state index contributed by atoms with van der Waals surface area (Å²) in [6, 6.07) is 5.43. The normalized spacial score (nSPS) is 16.4. The molecule has 0 atom stereocenters. The van der Waals surface area contributed by atoms with Gasteiger partial charge < -0.3 is 10.1 Å². The van der Waals surface area contributed by atoms with E-state index in [1.807, 2.05) is 7.05 Å². The Morgan fingerprint density at radius 1 is 1.45 bits per heavy atom. The van der Waals surface area contributed by atoms with Gasteiger partial charge in [0.2, 0.25) is 0 Å². The number of hydrogen-bond donors (Lipinski definition) is 1. The SMILES string of the molecule is CNc1ccc([N+](=O)[O-])cc1CN(C)C1CCOCC1. The fourth-order valence-electron chi connectivity index (χ4n) is 2.59. The molecule has 0 radical (unpaired) electrons. The van der Waals surface area contributed by atoms with Gasteiger partial charge in [-0.25, -0.2) is 0 Å². The van der Waals surface area contributed by atoms with E-state index in [0.717, 1.165) is 37.3 Å². The maximum absolute atomic E-state index is 10.9. The maximum Gasteiger partial charge on any atom is 0.269 e. The van der Waals surface area contributed by atoms with Gasteiger partial charge in [0.15, 0.2) is 0 Å². The molecule has 1 aromatic carbocycles. The van der Waals surface area contributed by atoms with E-state index in [1.165, 1.54) is 6.07 Å². The van der Waals surface area contributed by atoms with Gasteiger partial charge in [0.05, 0.1) is 4.92 Å². The summed E-state index contributed by atoms with van der Waals surface area (Å²) in [6.45, 7) is 2.29. The minimum Gasteiger partial charge on any atom is -0.388 e. The van der Waals surface area contributed by atoms with Crippen LogP contribution >= 0.6 is 0 Å².